The summed E-state index contributed by atoms with van der Waals surface area (Å²) in [4.78, 5) is 34.0. The van der Waals surface area contributed by atoms with Crippen LogP contribution in [0.5, 0.6) is 0 Å². The van der Waals surface area contributed by atoms with Crippen LogP contribution in [-0.4, -0.2) is 55.8 Å². The molecule has 0 aliphatic carbocycles. The molecule has 4 heterocycles. The second-order valence-electron chi connectivity index (χ2n) is 6.13. The molecule has 11 nitrogen and oxygen atoms in total. The molecule has 0 radical (unpaired) electrons. The van der Waals surface area contributed by atoms with Gasteiger partial charge in [0.2, 0.25) is 0 Å². The lowest BCUT2D eigenvalue weighted by Crippen LogP contribution is -2.59. The number of carbonyl (C=O) groups is 2. The number of rotatable bonds is 4. The number of nitrogens with zero attached hydrogens (tertiary/aromatic N) is 6. The molecule has 3 N–H and O–H groups in total. The highest BCUT2D eigenvalue weighted by atomic mass is 16.4. The zero-order valence-electron chi connectivity index (χ0n) is 14.4. The third-order valence-corrected chi connectivity index (χ3v) is 4.27. The summed E-state index contributed by atoms with van der Waals surface area (Å²) in [5, 5.41) is 26.9. The third kappa shape index (κ3) is 3.14. The average molecular weight is 378 g/mol. The number of carboxylic acid groups (broad SMARTS) is 1. The maximum Gasteiger partial charge on any atom is 0.410 e. The molecule has 1 saturated heterocycles. The smallest absolute Gasteiger partial charge is 0.410 e. The second kappa shape index (κ2) is 6.84. The number of nitrogens with one attached hydrogen (secondary N) is 2. The number of hydrogen-bond donors (Lipinski definition) is 3. The number of amides is 2. The normalized spacial score (nSPS) is 13.6. The number of fused-ring (bicyclic) bond motifs is 1. The number of aromatic nitrogens is 4. The Kier molecular flexibility index (Phi) is 4.21. The Bertz CT molecular complexity index is 1100. The molecule has 1 aliphatic rings. The zero-order chi connectivity index (χ0) is 19.7. The Balaban J connectivity index is 1.47. The van der Waals surface area contributed by atoms with Crippen molar-refractivity contribution in [1.29, 1.82) is 5.26 Å². The van der Waals surface area contributed by atoms with E-state index in [4.69, 9.17) is 10.4 Å². The predicted octanol–water partition coefficient (Wildman–Crippen LogP) is 0.704. The second-order valence-corrected chi connectivity index (χ2v) is 6.13. The minimum Gasteiger partial charge on any atom is -0.465 e. The molecule has 3 aromatic rings. The summed E-state index contributed by atoms with van der Waals surface area (Å²) in [5.74, 6) is 0.180. The maximum absolute atomic E-state index is 12.7. The SMILES string of the molecule is N#Cc1ccc(N2CC(NC(=O)c3c(NC(=O)O)nn4cccnc34)C2)nc1. The van der Waals surface area contributed by atoms with Gasteiger partial charge in [0.25, 0.3) is 5.91 Å². The highest BCUT2D eigenvalue weighted by Gasteiger charge is 2.31. The molecule has 140 valence electrons. The summed E-state index contributed by atoms with van der Waals surface area (Å²) in [6.07, 6.45) is 3.25. The molecule has 3 aromatic heterocycles. The van der Waals surface area contributed by atoms with Gasteiger partial charge in [-0.1, -0.05) is 0 Å². The van der Waals surface area contributed by atoms with Crippen molar-refractivity contribution in [2.24, 2.45) is 0 Å². The lowest BCUT2D eigenvalue weighted by Gasteiger charge is -2.40. The fourth-order valence-corrected chi connectivity index (χ4v) is 2.94. The van der Waals surface area contributed by atoms with Crippen LogP contribution in [0.15, 0.2) is 36.8 Å². The van der Waals surface area contributed by atoms with Crippen molar-refractivity contribution >= 4 is 29.3 Å². The van der Waals surface area contributed by atoms with Crippen LogP contribution in [0.25, 0.3) is 5.65 Å². The van der Waals surface area contributed by atoms with Crippen molar-refractivity contribution < 1.29 is 14.7 Å². The fourth-order valence-electron chi connectivity index (χ4n) is 2.94. The lowest BCUT2D eigenvalue weighted by molar-refractivity contribution is 0.0932. The van der Waals surface area contributed by atoms with Crippen molar-refractivity contribution in [3.63, 3.8) is 0 Å². The Labute approximate surface area is 158 Å². The largest absolute Gasteiger partial charge is 0.465 e. The molecule has 2 amide bonds. The van der Waals surface area contributed by atoms with E-state index in [1.54, 1.807) is 24.4 Å². The summed E-state index contributed by atoms with van der Waals surface area (Å²) in [6.45, 7) is 1.08. The summed E-state index contributed by atoms with van der Waals surface area (Å²) in [5.41, 5.74) is 0.805. The molecule has 4 rings (SSSR count). The van der Waals surface area contributed by atoms with E-state index in [2.05, 4.69) is 25.7 Å². The quantitative estimate of drug-likeness (QED) is 0.601. The van der Waals surface area contributed by atoms with E-state index >= 15 is 0 Å². The summed E-state index contributed by atoms with van der Waals surface area (Å²) >= 11 is 0. The molecule has 0 atom stereocenters. The van der Waals surface area contributed by atoms with Gasteiger partial charge in [-0.15, -0.1) is 5.10 Å². The van der Waals surface area contributed by atoms with Crippen LogP contribution in [0.1, 0.15) is 15.9 Å². The summed E-state index contributed by atoms with van der Waals surface area (Å²) in [7, 11) is 0. The van der Waals surface area contributed by atoms with E-state index in [0.717, 1.165) is 5.82 Å². The first-order valence-electron chi connectivity index (χ1n) is 8.30. The van der Waals surface area contributed by atoms with Crippen LogP contribution >= 0.6 is 0 Å². The molecule has 28 heavy (non-hydrogen) atoms. The average Bonchev–Trinajstić information content (AvgIpc) is 3.01. The van der Waals surface area contributed by atoms with E-state index in [1.165, 1.54) is 16.9 Å². The van der Waals surface area contributed by atoms with Crippen LogP contribution in [0.2, 0.25) is 0 Å². The lowest BCUT2D eigenvalue weighted by atomic mass is 10.1. The summed E-state index contributed by atoms with van der Waals surface area (Å²) in [6, 6.07) is 6.94. The topological polar surface area (TPSA) is 149 Å². The van der Waals surface area contributed by atoms with Gasteiger partial charge < -0.3 is 15.3 Å². The third-order valence-electron chi connectivity index (χ3n) is 4.27. The molecule has 0 aromatic carbocycles. The van der Waals surface area contributed by atoms with E-state index in [9.17, 15) is 9.59 Å². The van der Waals surface area contributed by atoms with Gasteiger partial charge in [0.05, 0.1) is 11.6 Å². The Morgan fingerprint density at radius 2 is 2.11 bits per heavy atom. The summed E-state index contributed by atoms with van der Waals surface area (Å²) < 4.78 is 1.34. The first kappa shape index (κ1) is 17.2. The van der Waals surface area contributed by atoms with Crippen LogP contribution in [0, 0.1) is 11.3 Å². The van der Waals surface area contributed by atoms with E-state index in [-0.39, 0.29) is 23.1 Å². The molecular formula is C17H14N8O3. The monoisotopic (exact) mass is 378 g/mol. The zero-order valence-corrected chi connectivity index (χ0v) is 14.4. The highest BCUT2D eigenvalue weighted by molar-refractivity contribution is 6.06. The predicted molar refractivity (Wildman–Crippen MR) is 97.1 cm³/mol. The van der Waals surface area contributed by atoms with E-state index in [1.807, 2.05) is 11.0 Å². The van der Waals surface area contributed by atoms with Gasteiger partial charge in [0.1, 0.15) is 17.5 Å². The molecule has 0 spiro atoms. The maximum atomic E-state index is 12.7. The van der Waals surface area contributed by atoms with Gasteiger partial charge in [-0.3, -0.25) is 10.1 Å². The Hall–Kier alpha value is -4.20. The Morgan fingerprint density at radius 1 is 1.29 bits per heavy atom. The number of hydrogen-bond acceptors (Lipinski definition) is 7. The first-order chi connectivity index (χ1) is 13.5. The van der Waals surface area contributed by atoms with E-state index in [0.29, 0.717) is 18.7 Å². The molecule has 0 saturated carbocycles. The van der Waals surface area contributed by atoms with Gasteiger partial charge in [0, 0.05) is 31.7 Å². The van der Waals surface area contributed by atoms with Crippen molar-refractivity contribution in [1.82, 2.24) is 24.9 Å². The fraction of sp³-hybridized carbons (Fsp3) is 0.176. The molecular weight excluding hydrogens is 364 g/mol. The van der Waals surface area contributed by atoms with E-state index < -0.39 is 12.0 Å². The van der Waals surface area contributed by atoms with Gasteiger partial charge in [0.15, 0.2) is 11.5 Å². The van der Waals surface area contributed by atoms with Gasteiger partial charge in [-0.2, -0.15) is 5.26 Å². The van der Waals surface area contributed by atoms with Crippen LogP contribution in [0.3, 0.4) is 0 Å². The van der Waals surface area contributed by atoms with Crippen molar-refractivity contribution in [3.8, 4) is 6.07 Å². The van der Waals surface area contributed by atoms with Crippen LogP contribution < -0.4 is 15.5 Å². The standard InChI is InChI=1S/C17H14N8O3/c18-6-10-2-3-12(20-7-10)24-8-11(9-24)21-16(26)13-14(22-17(27)28)23-25-5-1-4-19-15(13)25/h1-5,7,11H,8-9H2,(H,21,26)(H,22,23)(H,27,28). The number of pyridine rings is 1. The van der Waals surface area contributed by atoms with Crippen molar-refractivity contribution in [2.75, 3.05) is 23.3 Å². The molecule has 1 aliphatic heterocycles. The Morgan fingerprint density at radius 3 is 2.79 bits per heavy atom. The molecule has 1 fully saturated rings. The van der Waals surface area contributed by atoms with Gasteiger partial charge in [-0.25, -0.2) is 19.3 Å². The number of carbonyl (C=O) groups excluding carboxylic acids is 1. The molecule has 0 bridgehead atoms. The van der Waals surface area contributed by atoms with Crippen molar-refractivity contribution in [3.05, 3.63) is 47.9 Å². The molecule has 0 unspecified atom stereocenters. The molecule has 11 heteroatoms. The van der Waals surface area contributed by atoms with Crippen LogP contribution in [-0.2, 0) is 0 Å². The first-order valence-corrected chi connectivity index (χ1v) is 8.30. The van der Waals surface area contributed by atoms with Crippen LogP contribution in [0.4, 0.5) is 16.4 Å². The van der Waals surface area contributed by atoms with Crippen molar-refractivity contribution in [2.45, 2.75) is 6.04 Å². The minimum absolute atomic E-state index is 0.0675. The number of anilines is 2. The minimum atomic E-state index is -1.32. The number of nitriles is 1. The van der Waals surface area contributed by atoms with Gasteiger partial charge in [-0.05, 0) is 18.2 Å². The highest BCUT2D eigenvalue weighted by Crippen LogP contribution is 2.22. The van der Waals surface area contributed by atoms with Gasteiger partial charge >= 0.3 is 6.09 Å².